The first-order valence-corrected chi connectivity index (χ1v) is 29.4. The van der Waals surface area contributed by atoms with E-state index >= 15 is 0 Å². The van der Waals surface area contributed by atoms with E-state index in [1.165, 1.54) is 96.3 Å². The molecule has 4 N–H and O–H groups in total. The average Bonchev–Trinajstić information content (AvgIpc) is 3.36. The first kappa shape index (κ1) is 67.0. The molecule has 0 bridgehead atoms. The normalized spacial score (nSPS) is 19.7. The Hall–Kier alpha value is -2.98. The maximum atomic E-state index is 12.9. The van der Waals surface area contributed by atoms with E-state index < -0.39 is 59.8 Å². The van der Waals surface area contributed by atoms with Crippen LogP contribution in [-0.4, -0.2) is 97.5 Å². The summed E-state index contributed by atoms with van der Waals surface area (Å²) < 4.78 is 59.3. The third kappa shape index (κ3) is 41.4. The van der Waals surface area contributed by atoms with Crippen LogP contribution in [0, 0.1) is 0 Å². The molecule has 13 heteroatoms. The quantitative estimate of drug-likeness (QED) is 0.0196. The summed E-state index contributed by atoms with van der Waals surface area (Å²) in [5.41, 5.74) is 0. The van der Waals surface area contributed by atoms with Gasteiger partial charge in [0.25, 0.3) is 0 Å². The second-order valence-corrected chi connectivity index (χ2v) is 19.8. The van der Waals surface area contributed by atoms with Gasteiger partial charge in [-0.15, -0.1) is 0 Å². The number of allylic oxidation sites excluding steroid dienone is 16. The molecule has 0 amide bonds. The topological polar surface area (TPSA) is 178 Å². The Bertz CT molecular complexity index is 1620. The molecule has 0 spiro atoms. The molecule has 1 aliphatic rings. The summed E-state index contributed by atoms with van der Waals surface area (Å²) in [6, 6.07) is 0. The fraction of sp³-hybridized carbons (Fsp3) is 0.712. The van der Waals surface area contributed by atoms with Gasteiger partial charge in [-0.25, -0.2) is 4.18 Å². The molecule has 0 radical (unpaired) electrons. The number of esters is 1. The number of aliphatic hydroxyl groups is 3. The molecular formula is C59H100O12S. The molecule has 414 valence electrons. The molecule has 1 saturated heterocycles. The zero-order chi connectivity index (χ0) is 52.4. The minimum absolute atomic E-state index is 0.0146. The second-order valence-electron chi connectivity index (χ2n) is 18.8. The Kier molecular flexibility index (Phi) is 45.6. The van der Waals surface area contributed by atoms with E-state index in [1.54, 1.807) is 0 Å². The van der Waals surface area contributed by atoms with Crippen LogP contribution in [0.3, 0.4) is 0 Å². The predicted octanol–water partition coefficient (Wildman–Crippen LogP) is 13.8. The van der Waals surface area contributed by atoms with Crippen molar-refractivity contribution in [2.75, 3.05) is 26.4 Å². The Morgan fingerprint density at radius 2 is 0.958 bits per heavy atom. The van der Waals surface area contributed by atoms with Crippen LogP contribution in [0.2, 0.25) is 0 Å². The van der Waals surface area contributed by atoms with Crippen molar-refractivity contribution in [3.8, 4) is 0 Å². The van der Waals surface area contributed by atoms with Gasteiger partial charge in [0.1, 0.15) is 30.5 Å². The molecule has 0 saturated carbocycles. The van der Waals surface area contributed by atoms with Crippen molar-refractivity contribution in [2.24, 2.45) is 0 Å². The van der Waals surface area contributed by atoms with Crippen molar-refractivity contribution in [1.29, 1.82) is 0 Å². The lowest BCUT2D eigenvalue weighted by molar-refractivity contribution is -0.301. The molecule has 1 heterocycles. The van der Waals surface area contributed by atoms with Crippen molar-refractivity contribution < 1.29 is 56.2 Å². The van der Waals surface area contributed by atoms with E-state index in [0.29, 0.717) is 13.0 Å². The maximum Gasteiger partial charge on any atom is 0.397 e. The monoisotopic (exact) mass is 1030 g/mol. The van der Waals surface area contributed by atoms with E-state index in [9.17, 15) is 33.1 Å². The minimum Gasteiger partial charge on any atom is -0.457 e. The molecule has 12 nitrogen and oxygen atoms in total. The van der Waals surface area contributed by atoms with Crippen molar-refractivity contribution in [3.05, 3.63) is 97.2 Å². The third-order valence-electron chi connectivity index (χ3n) is 12.2. The number of rotatable bonds is 48. The molecule has 0 aromatic rings. The highest BCUT2D eigenvalue weighted by Gasteiger charge is 2.48. The van der Waals surface area contributed by atoms with Gasteiger partial charge in [-0.1, -0.05) is 201 Å². The van der Waals surface area contributed by atoms with Crippen LogP contribution in [0.5, 0.6) is 0 Å². The van der Waals surface area contributed by atoms with E-state index in [2.05, 4.69) is 115 Å². The van der Waals surface area contributed by atoms with Crippen LogP contribution in [0.15, 0.2) is 97.2 Å². The van der Waals surface area contributed by atoms with Gasteiger partial charge in [0.15, 0.2) is 6.29 Å². The number of ether oxygens (including phenoxy) is 4. The van der Waals surface area contributed by atoms with Crippen LogP contribution in [0.1, 0.15) is 206 Å². The molecule has 0 aliphatic carbocycles. The molecule has 0 aromatic heterocycles. The van der Waals surface area contributed by atoms with Gasteiger partial charge in [-0.2, -0.15) is 8.42 Å². The standard InChI is InChI=1S/C59H100O12S/c1-3-5-7-9-11-13-15-17-19-21-23-24-25-26-27-28-29-31-33-35-37-39-41-43-45-47-49-67-51-53(52-68-59-57(63)58(71-72(64,65)66)56(62)54(50-60)70-59)69-55(61)48-46-44-42-40-38-36-34-32-30-22-20-18-16-14-12-10-8-6-4-2/h6,8,12,14-15,17-18,20-21,23,25-26,30,32,36,38,53-54,56-60,62-63H,3-5,7,9-11,13,16,19,22,24,27-29,31,33-35,37,39-52H2,1-2H3,(H,64,65,66)/b8-6-,14-12-,17-15-,20-18-,23-21-,26-25-,32-30-,38-36-. The zero-order valence-electron chi connectivity index (χ0n) is 44.7. The van der Waals surface area contributed by atoms with Crippen LogP contribution >= 0.6 is 0 Å². The second kappa shape index (κ2) is 48.9. The van der Waals surface area contributed by atoms with E-state index in [0.717, 1.165) is 83.5 Å². The Labute approximate surface area is 437 Å². The van der Waals surface area contributed by atoms with Crippen molar-refractivity contribution in [2.45, 2.75) is 243 Å². The van der Waals surface area contributed by atoms with Crippen molar-refractivity contribution in [3.63, 3.8) is 0 Å². The summed E-state index contributed by atoms with van der Waals surface area (Å²) in [6.07, 6.45) is 58.7. The van der Waals surface area contributed by atoms with Gasteiger partial charge in [0, 0.05) is 13.0 Å². The maximum absolute atomic E-state index is 12.9. The average molecular weight is 1030 g/mol. The molecule has 0 aromatic carbocycles. The van der Waals surface area contributed by atoms with Crippen LogP contribution < -0.4 is 0 Å². The first-order valence-electron chi connectivity index (χ1n) is 28.0. The van der Waals surface area contributed by atoms with E-state index in [1.807, 2.05) is 0 Å². The lowest BCUT2D eigenvalue weighted by atomic mass is 9.99. The van der Waals surface area contributed by atoms with Crippen LogP contribution in [-0.2, 0) is 38.3 Å². The summed E-state index contributed by atoms with van der Waals surface area (Å²) in [4.78, 5) is 12.9. The van der Waals surface area contributed by atoms with Gasteiger partial charge in [-0.3, -0.25) is 9.35 Å². The number of hydrogen-bond donors (Lipinski definition) is 4. The number of hydrogen-bond acceptors (Lipinski definition) is 11. The zero-order valence-corrected chi connectivity index (χ0v) is 45.5. The van der Waals surface area contributed by atoms with Crippen molar-refractivity contribution in [1.82, 2.24) is 0 Å². The van der Waals surface area contributed by atoms with Gasteiger partial charge in [0.2, 0.25) is 0 Å². The van der Waals surface area contributed by atoms with Crippen LogP contribution in [0.25, 0.3) is 0 Å². The molecule has 1 fully saturated rings. The van der Waals surface area contributed by atoms with Crippen LogP contribution in [0.4, 0.5) is 0 Å². The third-order valence-corrected chi connectivity index (χ3v) is 12.7. The lowest BCUT2D eigenvalue weighted by Crippen LogP contribution is -2.60. The Morgan fingerprint density at radius 1 is 0.542 bits per heavy atom. The predicted molar refractivity (Wildman–Crippen MR) is 294 cm³/mol. The summed E-state index contributed by atoms with van der Waals surface area (Å²) >= 11 is 0. The molecule has 1 aliphatic heterocycles. The van der Waals surface area contributed by atoms with E-state index in [4.69, 9.17) is 18.9 Å². The molecule has 6 atom stereocenters. The van der Waals surface area contributed by atoms with Gasteiger partial charge in [-0.05, 0) is 96.3 Å². The summed E-state index contributed by atoms with van der Waals surface area (Å²) in [6.45, 7) is 3.82. The summed E-state index contributed by atoms with van der Waals surface area (Å²) in [7, 11) is -5.08. The SMILES string of the molecule is CC/C=C\C/C=C\C/C=C\C/C=C\C/C=C\CCCCCC(=O)OC(COCCCCCCCCCCCCC/C=C\C/C=C\C/C=C\CCCCCCC)COC1OC(CO)C(O)C(OS(=O)(=O)O)C1O. The highest BCUT2D eigenvalue weighted by Crippen LogP contribution is 2.26. The van der Waals surface area contributed by atoms with Gasteiger partial charge in [0.05, 0.1) is 19.8 Å². The number of unbranched alkanes of at least 4 members (excludes halogenated alkanes) is 19. The number of carbonyl (C=O) groups excluding carboxylic acids is 1. The van der Waals surface area contributed by atoms with Gasteiger partial charge >= 0.3 is 16.4 Å². The number of aliphatic hydroxyl groups excluding tert-OH is 3. The fourth-order valence-electron chi connectivity index (χ4n) is 8.00. The molecule has 1 rings (SSSR count). The lowest BCUT2D eigenvalue weighted by Gasteiger charge is -2.41. The number of carbonyl (C=O) groups is 1. The Morgan fingerprint density at radius 3 is 1.40 bits per heavy atom. The Balaban J connectivity index is 2.34. The largest absolute Gasteiger partial charge is 0.457 e. The smallest absolute Gasteiger partial charge is 0.397 e. The summed E-state index contributed by atoms with van der Waals surface area (Å²) in [5.74, 6) is -0.433. The fourth-order valence-corrected chi connectivity index (χ4v) is 8.51. The van der Waals surface area contributed by atoms with Crippen molar-refractivity contribution >= 4 is 16.4 Å². The molecule has 72 heavy (non-hydrogen) atoms. The molecule has 6 unspecified atom stereocenters. The highest BCUT2D eigenvalue weighted by molar-refractivity contribution is 7.80. The van der Waals surface area contributed by atoms with E-state index in [-0.39, 0.29) is 19.6 Å². The first-order chi connectivity index (χ1) is 35.1. The minimum atomic E-state index is -5.08. The highest BCUT2D eigenvalue weighted by atomic mass is 32.3. The molecular weight excluding hydrogens is 933 g/mol. The van der Waals surface area contributed by atoms with Gasteiger partial charge < -0.3 is 34.3 Å². The summed E-state index contributed by atoms with van der Waals surface area (Å²) in [5, 5.41) is 30.8.